The van der Waals surface area contributed by atoms with Crippen molar-refractivity contribution in [3.8, 4) is 0 Å². The highest BCUT2D eigenvalue weighted by atomic mass is 16.4. The number of carboxylic acid groups (broad SMARTS) is 1. The summed E-state index contributed by atoms with van der Waals surface area (Å²) in [5, 5.41) is 13.1. The molecule has 0 aliphatic heterocycles. The summed E-state index contributed by atoms with van der Waals surface area (Å²) in [6, 6.07) is 1.25. The van der Waals surface area contributed by atoms with Crippen LogP contribution in [-0.2, 0) is 4.79 Å². The minimum Gasteiger partial charge on any atom is -0.480 e. The maximum absolute atomic E-state index is 11.7. The number of carbonyl (C=O) groups is 1. The van der Waals surface area contributed by atoms with E-state index in [4.69, 9.17) is 0 Å². The molecule has 0 aromatic carbocycles. The topological polar surface area (TPSA) is 52.6 Å². The predicted molar refractivity (Wildman–Crippen MR) is 80.8 cm³/mol. The number of carboxylic acids is 1. The Morgan fingerprint density at radius 2 is 1.95 bits per heavy atom. The van der Waals surface area contributed by atoms with Crippen molar-refractivity contribution in [2.75, 3.05) is 7.05 Å². The monoisotopic (exact) mass is 282 g/mol. The Morgan fingerprint density at radius 1 is 1.35 bits per heavy atom. The molecular weight excluding hydrogens is 252 g/mol. The van der Waals surface area contributed by atoms with E-state index in [-0.39, 0.29) is 5.41 Å². The lowest BCUT2D eigenvalue weighted by Gasteiger charge is -2.39. The fourth-order valence-corrected chi connectivity index (χ4v) is 3.30. The number of aliphatic carboxylic acids is 1. The molecule has 0 radical (unpaired) electrons. The molecule has 2 saturated carbocycles. The van der Waals surface area contributed by atoms with Crippen LogP contribution < -0.4 is 5.32 Å². The molecule has 0 spiro atoms. The molecule has 0 aromatic heterocycles. The van der Waals surface area contributed by atoms with Gasteiger partial charge in [0.15, 0.2) is 0 Å². The van der Waals surface area contributed by atoms with Crippen LogP contribution in [0.4, 0.5) is 0 Å². The molecule has 4 nitrogen and oxygen atoms in total. The minimum atomic E-state index is -0.683. The van der Waals surface area contributed by atoms with Gasteiger partial charge in [-0.2, -0.15) is 0 Å². The molecule has 0 amide bonds. The van der Waals surface area contributed by atoms with E-state index in [0.717, 1.165) is 32.1 Å². The lowest BCUT2D eigenvalue weighted by Crippen LogP contribution is -2.53. The molecule has 2 fully saturated rings. The Kier molecular flexibility index (Phi) is 4.18. The van der Waals surface area contributed by atoms with Crippen molar-refractivity contribution in [1.29, 1.82) is 0 Å². The van der Waals surface area contributed by atoms with Crippen LogP contribution in [0.1, 0.15) is 59.8 Å². The van der Waals surface area contributed by atoms with Gasteiger partial charge >= 0.3 is 5.97 Å². The van der Waals surface area contributed by atoms with Crippen molar-refractivity contribution in [2.24, 2.45) is 5.41 Å². The van der Waals surface area contributed by atoms with Crippen LogP contribution in [0, 0.1) is 5.41 Å². The van der Waals surface area contributed by atoms with Crippen LogP contribution in [0.3, 0.4) is 0 Å². The molecule has 2 rings (SSSR count). The first kappa shape index (κ1) is 15.8. The maximum atomic E-state index is 11.7. The van der Waals surface area contributed by atoms with E-state index in [1.54, 1.807) is 0 Å². The number of nitrogens with zero attached hydrogens (tertiary/aromatic N) is 1. The Bertz CT molecular complexity index is 373. The van der Waals surface area contributed by atoms with E-state index < -0.39 is 11.5 Å². The predicted octanol–water partition coefficient (Wildman–Crippen LogP) is 2.48. The van der Waals surface area contributed by atoms with Gasteiger partial charge in [-0.15, -0.1) is 0 Å². The molecule has 4 heteroatoms. The third-order valence-electron chi connectivity index (χ3n) is 5.40. The van der Waals surface area contributed by atoms with Gasteiger partial charge in [0.1, 0.15) is 5.54 Å². The standard InChI is InChI=1S/C16H30N2O2/c1-11(15(2,3)4)18(5)13-8-9-16(10-13,14(19)20)17-12-6-7-12/h11-13,17H,6-10H2,1-5H3,(H,19,20). The molecular formula is C16H30N2O2. The van der Waals surface area contributed by atoms with E-state index >= 15 is 0 Å². The van der Waals surface area contributed by atoms with Gasteiger partial charge < -0.3 is 10.0 Å². The Morgan fingerprint density at radius 3 is 2.40 bits per heavy atom. The quantitative estimate of drug-likeness (QED) is 0.813. The van der Waals surface area contributed by atoms with Gasteiger partial charge in [0, 0.05) is 18.1 Å². The first-order valence-electron chi connectivity index (χ1n) is 7.89. The van der Waals surface area contributed by atoms with Crippen molar-refractivity contribution in [2.45, 2.75) is 83.5 Å². The van der Waals surface area contributed by atoms with E-state index in [9.17, 15) is 9.90 Å². The molecule has 2 aliphatic carbocycles. The first-order chi connectivity index (χ1) is 9.16. The Labute approximate surface area is 122 Å². The summed E-state index contributed by atoms with van der Waals surface area (Å²) in [4.78, 5) is 14.1. The molecule has 20 heavy (non-hydrogen) atoms. The smallest absolute Gasteiger partial charge is 0.323 e. The van der Waals surface area contributed by atoms with Gasteiger partial charge in [-0.25, -0.2) is 0 Å². The molecule has 3 unspecified atom stereocenters. The SMILES string of the molecule is CC(N(C)C1CCC(NC2CC2)(C(=O)O)C1)C(C)(C)C. The lowest BCUT2D eigenvalue weighted by molar-refractivity contribution is -0.145. The third-order valence-corrected chi connectivity index (χ3v) is 5.40. The highest BCUT2D eigenvalue weighted by molar-refractivity contribution is 5.79. The summed E-state index contributed by atoms with van der Waals surface area (Å²) in [7, 11) is 2.15. The summed E-state index contributed by atoms with van der Waals surface area (Å²) >= 11 is 0. The zero-order chi connectivity index (χ0) is 15.1. The van der Waals surface area contributed by atoms with Crippen molar-refractivity contribution in [1.82, 2.24) is 10.2 Å². The second kappa shape index (κ2) is 5.30. The van der Waals surface area contributed by atoms with Crippen LogP contribution >= 0.6 is 0 Å². The van der Waals surface area contributed by atoms with Crippen molar-refractivity contribution in [3.05, 3.63) is 0 Å². The highest BCUT2D eigenvalue weighted by Gasteiger charge is 2.49. The number of hydrogen-bond donors (Lipinski definition) is 2. The molecule has 2 aliphatic rings. The molecule has 0 heterocycles. The molecule has 3 atom stereocenters. The van der Waals surface area contributed by atoms with Gasteiger partial charge in [-0.05, 0) is 51.5 Å². The molecule has 0 bridgehead atoms. The largest absolute Gasteiger partial charge is 0.480 e. The summed E-state index contributed by atoms with van der Waals surface area (Å²) in [5.41, 5.74) is -0.467. The summed E-state index contributed by atoms with van der Waals surface area (Å²) < 4.78 is 0. The number of nitrogens with one attached hydrogen (secondary N) is 1. The van der Waals surface area contributed by atoms with Crippen LogP contribution in [0.2, 0.25) is 0 Å². The maximum Gasteiger partial charge on any atom is 0.323 e. The molecule has 0 aromatic rings. The lowest BCUT2D eigenvalue weighted by atomic mass is 9.86. The van der Waals surface area contributed by atoms with E-state index in [2.05, 4.69) is 45.0 Å². The summed E-state index contributed by atoms with van der Waals surface area (Å²) in [6.45, 7) is 8.98. The van der Waals surface area contributed by atoms with Crippen LogP contribution in [0.5, 0.6) is 0 Å². The highest BCUT2D eigenvalue weighted by Crippen LogP contribution is 2.38. The second-order valence-corrected chi connectivity index (χ2v) is 7.91. The van der Waals surface area contributed by atoms with E-state index in [1.807, 2.05) is 0 Å². The van der Waals surface area contributed by atoms with Crippen LogP contribution in [0.25, 0.3) is 0 Å². The average Bonchev–Trinajstić information content (AvgIpc) is 3.03. The fraction of sp³-hybridized carbons (Fsp3) is 0.938. The summed E-state index contributed by atoms with van der Waals surface area (Å²) in [5.74, 6) is -0.663. The van der Waals surface area contributed by atoms with Gasteiger partial charge in [-0.1, -0.05) is 20.8 Å². The normalized spacial score (nSPS) is 32.6. The zero-order valence-corrected chi connectivity index (χ0v) is 13.6. The van der Waals surface area contributed by atoms with Gasteiger partial charge in [0.05, 0.1) is 0 Å². The van der Waals surface area contributed by atoms with Crippen molar-refractivity contribution in [3.63, 3.8) is 0 Å². The zero-order valence-electron chi connectivity index (χ0n) is 13.6. The summed E-state index contributed by atoms with van der Waals surface area (Å²) in [6.07, 6.45) is 4.73. The van der Waals surface area contributed by atoms with E-state index in [1.165, 1.54) is 0 Å². The second-order valence-electron chi connectivity index (χ2n) is 7.91. The fourth-order valence-electron chi connectivity index (χ4n) is 3.30. The Balaban J connectivity index is 2.04. The molecule has 0 saturated heterocycles. The number of hydrogen-bond acceptors (Lipinski definition) is 3. The Hall–Kier alpha value is -0.610. The van der Waals surface area contributed by atoms with Gasteiger partial charge in [0.2, 0.25) is 0 Å². The molecule has 2 N–H and O–H groups in total. The first-order valence-corrected chi connectivity index (χ1v) is 7.89. The third kappa shape index (κ3) is 3.17. The molecule has 116 valence electrons. The van der Waals surface area contributed by atoms with Crippen LogP contribution in [-0.4, -0.2) is 46.7 Å². The average molecular weight is 282 g/mol. The van der Waals surface area contributed by atoms with Gasteiger partial charge in [-0.3, -0.25) is 10.1 Å². The van der Waals surface area contributed by atoms with Gasteiger partial charge in [0.25, 0.3) is 0 Å². The van der Waals surface area contributed by atoms with Crippen molar-refractivity contribution < 1.29 is 9.90 Å². The number of rotatable bonds is 5. The van der Waals surface area contributed by atoms with Crippen molar-refractivity contribution >= 4 is 5.97 Å². The van der Waals surface area contributed by atoms with E-state index in [0.29, 0.717) is 18.1 Å². The van der Waals surface area contributed by atoms with Crippen LogP contribution in [0.15, 0.2) is 0 Å². The minimum absolute atomic E-state index is 0.215.